The van der Waals surface area contributed by atoms with Gasteiger partial charge >= 0.3 is 5.69 Å². The average Bonchev–Trinajstić information content (AvgIpc) is 2.46. The lowest BCUT2D eigenvalue weighted by Crippen LogP contribution is -2.40. The minimum absolute atomic E-state index is 0.0260. The maximum Gasteiger partial charge on any atom is 0.354 e. The lowest BCUT2D eigenvalue weighted by Gasteiger charge is -2.21. The number of hydrogen-bond donors (Lipinski definition) is 3. The van der Waals surface area contributed by atoms with Crippen LogP contribution in [-0.2, 0) is 0 Å². The molecule has 2 rings (SSSR count). The fourth-order valence-electron chi connectivity index (χ4n) is 1.55. The van der Waals surface area contributed by atoms with Crippen molar-refractivity contribution in [3.05, 3.63) is 39.8 Å². The van der Waals surface area contributed by atoms with Crippen LogP contribution in [0.5, 0.6) is 0 Å². The van der Waals surface area contributed by atoms with E-state index in [-0.39, 0.29) is 22.9 Å². The molecule has 3 N–H and O–H groups in total. The van der Waals surface area contributed by atoms with E-state index in [1.54, 1.807) is 12.1 Å². The number of nitro groups is 1. The molecule has 2 aromatic rings. The minimum atomic E-state index is -0.565. The molecule has 0 aliphatic heterocycles. The van der Waals surface area contributed by atoms with Gasteiger partial charge in [-0.1, -0.05) is 11.6 Å². The number of rotatable bonds is 5. The quantitative estimate of drug-likeness (QED) is 0.563. The predicted molar refractivity (Wildman–Crippen MR) is 87.7 cm³/mol. The Bertz CT molecular complexity index is 700. The lowest BCUT2D eigenvalue weighted by atomic mass is 10.1. The second-order valence-electron chi connectivity index (χ2n) is 5.66. The molecule has 0 aliphatic rings. The van der Waals surface area contributed by atoms with Crippen LogP contribution < -0.4 is 16.2 Å². The van der Waals surface area contributed by atoms with Gasteiger partial charge in [0.1, 0.15) is 12.1 Å². The number of halogens is 1. The summed E-state index contributed by atoms with van der Waals surface area (Å²) in [4.78, 5) is 22.7. The maximum absolute atomic E-state index is 11.4. The van der Waals surface area contributed by atoms with Gasteiger partial charge in [-0.3, -0.25) is 15.5 Å². The molecule has 0 saturated carbocycles. The van der Waals surface area contributed by atoms with Crippen molar-refractivity contribution in [1.29, 1.82) is 0 Å². The third kappa shape index (κ3) is 4.73. The number of nitrogens with one attached hydrogen (secondary N) is 3. The Hall–Kier alpha value is -2.52. The van der Waals surface area contributed by atoms with E-state index in [1.165, 1.54) is 12.5 Å². The zero-order chi connectivity index (χ0) is 17.0. The van der Waals surface area contributed by atoms with Crippen LogP contribution in [0.2, 0.25) is 5.02 Å². The van der Waals surface area contributed by atoms with Crippen LogP contribution in [0.3, 0.4) is 0 Å². The maximum atomic E-state index is 11.4. The number of anilines is 3. The highest BCUT2D eigenvalue weighted by Crippen LogP contribution is 2.30. The van der Waals surface area contributed by atoms with E-state index in [4.69, 9.17) is 11.6 Å². The van der Waals surface area contributed by atoms with E-state index in [9.17, 15) is 10.1 Å². The summed E-state index contributed by atoms with van der Waals surface area (Å²) in [6, 6.07) is 3.21. The van der Waals surface area contributed by atoms with Gasteiger partial charge in [0.25, 0.3) is 0 Å². The molecule has 0 atom stereocenters. The molecule has 122 valence electrons. The van der Waals surface area contributed by atoms with E-state index >= 15 is 0 Å². The van der Waals surface area contributed by atoms with Gasteiger partial charge in [-0.25, -0.2) is 20.4 Å². The molecule has 10 heteroatoms. The lowest BCUT2D eigenvalue weighted by molar-refractivity contribution is -0.383. The summed E-state index contributed by atoms with van der Waals surface area (Å²) in [6.45, 7) is 5.72. The predicted octanol–water partition coefficient (Wildman–Crippen LogP) is 2.89. The second-order valence-corrected chi connectivity index (χ2v) is 6.10. The SMILES string of the molecule is CC(C)(C)NNc1ncnc(Nc2ccc(Cl)cn2)c1[N+](=O)[O-]. The van der Waals surface area contributed by atoms with Crippen molar-refractivity contribution < 1.29 is 4.92 Å². The molecule has 23 heavy (non-hydrogen) atoms. The summed E-state index contributed by atoms with van der Waals surface area (Å²) in [5.41, 5.74) is 5.08. The van der Waals surface area contributed by atoms with Crippen molar-refractivity contribution in [2.75, 3.05) is 10.7 Å². The largest absolute Gasteiger partial charge is 0.354 e. The first-order valence-corrected chi connectivity index (χ1v) is 7.05. The Morgan fingerprint density at radius 2 is 1.87 bits per heavy atom. The highest BCUT2D eigenvalue weighted by Gasteiger charge is 2.24. The molecule has 0 amide bonds. The van der Waals surface area contributed by atoms with Crippen LogP contribution in [0.4, 0.5) is 23.1 Å². The van der Waals surface area contributed by atoms with E-state index in [0.29, 0.717) is 10.8 Å². The highest BCUT2D eigenvalue weighted by atomic mass is 35.5. The molecule has 0 fully saturated rings. The van der Waals surface area contributed by atoms with Gasteiger partial charge in [0.15, 0.2) is 0 Å². The average molecular weight is 338 g/mol. The Labute approximate surface area is 137 Å². The molecule has 2 aromatic heterocycles. The van der Waals surface area contributed by atoms with Gasteiger partial charge in [-0.05, 0) is 32.9 Å². The van der Waals surface area contributed by atoms with E-state index in [1.807, 2.05) is 20.8 Å². The van der Waals surface area contributed by atoms with Gasteiger partial charge < -0.3 is 5.32 Å². The van der Waals surface area contributed by atoms with Crippen LogP contribution in [0, 0.1) is 10.1 Å². The number of nitrogens with zero attached hydrogens (tertiary/aromatic N) is 4. The highest BCUT2D eigenvalue weighted by molar-refractivity contribution is 6.30. The standard InChI is InChI=1S/C13H16ClN7O2/c1-13(2,3)20-19-12-10(21(22)23)11(16-7-17-12)18-9-5-4-8(14)6-15-9/h4-7,20H,1-3H3,(H2,15,16,17,18,19). The monoisotopic (exact) mass is 337 g/mol. The Morgan fingerprint density at radius 1 is 1.17 bits per heavy atom. The number of aromatic nitrogens is 3. The van der Waals surface area contributed by atoms with Gasteiger partial charge in [0.05, 0.1) is 9.95 Å². The molecular formula is C13H16ClN7O2. The first-order chi connectivity index (χ1) is 10.8. The van der Waals surface area contributed by atoms with Crippen molar-refractivity contribution in [2.24, 2.45) is 0 Å². The molecule has 0 aliphatic carbocycles. The molecule has 0 unspecified atom stereocenters. The van der Waals surface area contributed by atoms with Crippen molar-refractivity contribution in [1.82, 2.24) is 20.4 Å². The zero-order valence-electron chi connectivity index (χ0n) is 12.8. The number of hydrazine groups is 1. The summed E-state index contributed by atoms with van der Waals surface area (Å²) in [6.07, 6.45) is 2.65. The fraction of sp³-hybridized carbons (Fsp3) is 0.308. The molecule has 2 heterocycles. The van der Waals surface area contributed by atoms with Crippen LogP contribution in [-0.4, -0.2) is 25.4 Å². The Balaban J connectivity index is 2.32. The van der Waals surface area contributed by atoms with Crippen LogP contribution in [0.1, 0.15) is 20.8 Å². The summed E-state index contributed by atoms with van der Waals surface area (Å²) in [5, 5.41) is 14.6. The summed E-state index contributed by atoms with van der Waals surface area (Å²) in [5.74, 6) is 0.459. The van der Waals surface area contributed by atoms with E-state index in [2.05, 4.69) is 31.1 Å². The third-order valence-corrected chi connectivity index (χ3v) is 2.76. The molecule has 9 nitrogen and oxygen atoms in total. The van der Waals surface area contributed by atoms with Crippen molar-refractivity contribution in [2.45, 2.75) is 26.3 Å². The normalized spacial score (nSPS) is 11.1. The topological polar surface area (TPSA) is 118 Å². The molecular weight excluding hydrogens is 322 g/mol. The molecule has 0 saturated heterocycles. The minimum Gasteiger partial charge on any atom is -0.319 e. The fourth-order valence-corrected chi connectivity index (χ4v) is 1.66. The smallest absolute Gasteiger partial charge is 0.319 e. The van der Waals surface area contributed by atoms with Crippen molar-refractivity contribution in [3.8, 4) is 0 Å². The molecule has 0 bridgehead atoms. The van der Waals surface area contributed by atoms with Crippen LogP contribution >= 0.6 is 11.6 Å². The first kappa shape index (κ1) is 16.8. The van der Waals surface area contributed by atoms with Gasteiger partial charge in [0, 0.05) is 11.7 Å². The number of hydrogen-bond acceptors (Lipinski definition) is 8. The zero-order valence-corrected chi connectivity index (χ0v) is 13.5. The van der Waals surface area contributed by atoms with Crippen molar-refractivity contribution in [3.63, 3.8) is 0 Å². The summed E-state index contributed by atoms with van der Waals surface area (Å²) < 4.78 is 0. The van der Waals surface area contributed by atoms with E-state index < -0.39 is 4.92 Å². The third-order valence-electron chi connectivity index (χ3n) is 2.53. The van der Waals surface area contributed by atoms with Crippen molar-refractivity contribution >= 4 is 34.7 Å². The second kappa shape index (κ2) is 6.71. The molecule has 0 radical (unpaired) electrons. The van der Waals surface area contributed by atoms with Crippen LogP contribution in [0.15, 0.2) is 24.7 Å². The summed E-state index contributed by atoms with van der Waals surface area (Å²) >= 11 is 5.76. The summed E-state index contributed by atoms with van der Waals surface area (Å²) in [7, 11) is 0. The molecule has 0 aromatic carbocycles. The first-order valence-electron chi connectivity index (χ1n) is 6.67. The van der Waals surface area contributed by atoms with Gasteiger partial charge in [0.2, 0.25) is 11.6 Å². The van der Waals surface area contributed by atoms with Crippen LogP contribution in [0.25, 0.3) is 0 Å². The Kier molecular flexibility index (Phi) is 4.92. The number of pyridine rings is 1. The Morgan fingerprint density at radius 3 is 2.43 bits per heavy atom. The molecule has 0 spiro atoms. The van der Waals surface area contributed by atoms with Gasteiger partial charge in [-0.2, -0.15) is 0 Å². The van der Waals surface area contributed by atoms with E-state index in [0.717, 1.165) is 0 Å². The van der Waals surface area contributed by atoms with Gasteiger partial charge in [-0.15, -0.1) is 0 Å².